The third-order valence-electron chi connectivity index (χ3n) is 4.48. The number of rotatable bonds is 8. The third kappa shape index (κ3) is 4.91. The summed E-state index contributed by atoms with van der Waals surface area (Å²) in [7, 11) is 2.01. The number of nitrogens with one attached hydrogen (secondary N) is 2. The van der Waals surface area contributed by atoms with Crippen LogP contribution in [-0.4, -0.2) is 37.9 Å². The lowest BCUT2D eigenvalue weighted by atomic mass is 9.83. The Morgan fingerprint density at radius 3 is 2.50 bits per heavy atom. The summed E-state index contributed by atoms with van der Waals surface area (Å²) in [4.78, 5) is 14.1. The van der Waals surface area contributed by atoms with Gasteiger partial charge in [-0.05, 0) is 38.0 Å². The van der Waals surface area contributed by atoms with Crippen LogP contribution >= 0.6 is 0 Å². The van der Waals surface area contributed by atoms with Crippen molar-refractivity contribution in [1.29, 1.82) is 0 Å². The van der Waals surface area contributed by atoms with E-state index in [0.717, 1.165) is 30.8 Å². The van der Waals surface area contributed by atoms with Crippen molar-refractivity contribution in [1.82, 2.24) is 5.32 Å². The highest BCUT2D eigenvalue weighted by molar-refractivity contribution is 5.89. The van der Waals surface area contributed by atoms with E-state index in [2.05, 4.69) is 22.5 Å². The number of hydrogen-bond donors (Lipinski definition) is 3. The van der Waals surface area contributed by atoms with Gasteiger partial charge in [-0.1, -0.05) is 19.9 Å². The highest BCUT2D eigenvalue weighted by Crippen LogP contribution is 2.24. The van der Waals surface area contributed by atoms with Gasteiger partial charge in [0.05, 0.1) is 6.61 Å². The SMILES string of the molecule is CCN(C)c1cccc(NC(=O)NCC(CC)(CC)CO)c1. The normalized spacial score (nSPS) is 11.1. The fraction of sp³-hybridized carbons (Fsp3) is 0.588. The van der Waals surface area contributed by atoms with Crippen LogP contribution < -0.4 is 15.5 Å². The molecule has 0 aromatic heterocycles. The number of anilines is 2. The van der Waals surface area contributed by atoms with Crippen molar-refractivity contribution in [3.8, 4) is 0 Å². The lowest BCUT2D eigenvalue weighted by Crippen LogP contribution is -2.41. The summed E-state index contributed by atoms with van der Waals surface area (Å²) in [5.74, 6) is 0. The number of aliphatic hydroxyl groups is 1. The number of amides is 2. The van der Waals surface area contributed by atoms with Crippen LogP contribution in [0, 0.1) is 5.41 Å². The van der Waals surface area contributed by atoms with Crippen molar-refractivity contribution >= 4 is 17.4 Å². The van der Waals surface area contributed by atoms with Crippen LogP contribution in [0.3, 0.4) is 0 Å². The molecule has 124 valence electrons. The van der Waals surface area contributed by atoms with E-state index in [0.29, 0.717) is 6.54 Å². The Labute approximate surface area is 133 Å². The molecule has 2 amide bonds. The maximum Gasteiger partial charge on any atom is 0.319 e. The first-order valence-electron chi connectivity index (χ1n) is 7.97. The zero-order chi connectivity index (χ0) is 16.6. The molecule has 0 radical (unpaired) electrons. The minimum absolute atomic E-state index is 0.0804. The largest absolute Gasteiger partial charge is 0.396 e. The molecule has 0 aliphatic rings. The minimum Gasteiger partial charge on any atom is -0.396 e. The van der Waals surface area contributed by atoms with Crippen LogP contribution in [0.1, 0.15) is 33.6 Å². The first kappa shape index (κ1) is 18.3. The highest BCUT2D eigenvalue weighted by Gasteiger charge is 2.25. The van der Waals surface area contributed by atoms with Crippen LogP contribution in [0.2, 0.25) is 0 Å². The lowest BCUT2D eigenvalue weighted by molar-refractivity contribution is 0.116. The first-order valence-corrected chi connectivity index (χ1v) is 7.97. The van der Waals surface area contributed by atoms with E-state index in [1.165, 1.54) is 0 Å². The summed E-state index contributed by atoms with van der Waals surface area (Å²) < 4.78 is 0. The van der Waals surface area contributed by atoms with Crippen molar-refractivity contribution in [2.75, 3.05) is 37.0 Å². The average Bonchev–Trinajstić information content (AvgIpc) is 2.56. The van der Waals surface area contributed by atoms with Crippen molar-refractivity contribution in [2.45, 2.75) is 33.6 Å². The fourth-order valence-corrected chi connectivity index (χ4v) is 2.23. The molecule has 0 fully saturated rings. The molecule has 0 atom stereocenters. The Balaban J connectivity index is 2.62. The molecule has 0 aliphatic carbocycles. The molecule has 0 spiro atoms. The number of urea groups is 1. The maximum atomic E-state index is 12.0. The second kappa shape index (κ2) is 8.63. The molecular formula is C17H29N3O2. The Morgan fingerprint density at radius 2 is 1.95 bits per heavy atom. The quantitative estimate of drug-likeness (QED) is 0.691. The number of carbonyl (C=O) groups excluding carboxylic acids is 1. The van der Waals surface area contributed by atoms with Gasteiger partial charge in [0.15, 0.2) is 0 Å². The number of hydrogen-bond acceptors (Lipinski definition) is 3. The zero-order valence-corrected chi connectivity index (χ0v) is 14.1. The van der Waals surface area contributed by atoms with Gasteiger partial charge >= 0.3 is 6.03 Å². The van der Waals surface area contributed by atoms with Crippen molar-refractivity contribution in [3.63, 3.8) is 0 Å². The van der Waals surface area contributed by atoms with Gasteiger partial charge in [-0.15, -0.1) is 0 Å². The second-order valence-corrected chi connectivity index (χ2v) is 5.74. The molecule has 1 aromatic rings. The van der Waals surface area contributed by atoms with Crippen LogP contribution in [0.5, 0.6) is 0 Å². The molecular weight excluding hydrogens is 278 g/mol. The van der Waals surface area contributed by atoms with Crippen LogP contribution in [-0.2, 0) is 0 Å². The van der Waals surface area contributed by atoms with E-state index in [4.69, 9.17) is 0 Å². The molecule has 1 rings (SSSR count). The molecule has 0 aliphatic heterocycles. The summed E-state index contributed by atoms with van der Waals surface area (Å²) in [5, 5.41) is 15.2. The molecule has 0 saturated carbocycles. The van der Waals surface area contributed by atoms with E-state index in [1.807, 2.05) is 45.2 Å². The van der Waals surface area contributed by atoms with Crippen molar-refractivity contribution in [2.24, 2.45) is 5.41 Å². The first-order chi connectivity index (χ1) is 10.5. The molecule has 3 N–H and O–H groups in total. The molecule has 5 heteroatoms. The number of carbonyl (C=O) groups is 1. The van der Waals surface area contributed by atoms with Gasteiger partial charge in [0, 0.05) is 36.9 Å². The molecule has 0 bridgehead atoms. The second-order valence-electron chi connectivity index (χ2n) is 5.74. The number of nitrogens with zero attached hydrogens (tertiary/aromatic N) is 1. The number of aliphatic hydroxyl groups excluding tert-OH is 1. The summed E-state index contributed by atoms with van der Waals surface area (Å²) in [6.45, 7) is 7.60. The maximum absolute atomic E-state index is 12.0. The van der Waals surface area contributed by atoms with Crippen molar-refractivity contribution in [3.05, 3.63) is 24.3 Å². The Bertz CT molecular complexity index is 464. The monoisotopic (exact) mass is 307 g/mol. The van der Waals surface area contributed by atoms with E-state index in [-0.39, 0.29) is 18.1 Å². The minimum atomic E-state index is -0.240. The number of benzene rings is 1. The molecule has 5 nitrogen and oxygen atoms in total. The molecule has 1 aromatic carbocycles. The standard InChI is InChI=1S/C17H29N3O2/c1-5-17(6-2,13-21)12-18-16(22)19-14-9-8-10-15(11-14)20(4)7-3/h8-11,21H,5-7,12-13H2,1-4H3,(H2,18,19,22). The lowest BCUT2D eigenvalue weighted by Gasteiger charge is -2.29. The third-order valence-corrected chi connectivity index (χ3v) is 4.48. The molecule has 0 unspecified atom stereocenters. The molecule has 0 heterocycles. The highest BCUT2D eigenvalue weighted by atomic mass is 16.3. The topological polar surface area (TPSA) is 64.6 Å². The van der Waals surface area contributed by atoms with Gasteiger partial charge in [0.2, 0.25) is 0 Å². The van der Waals surface area contributed by atoms with E-state index >= 15 is 0 Å². The van der Waals surface area contributed by atoms with Gasteiger partial charge in [0.25, 0.3) is 0 Å². The average molecular weight is 307 g/mol. The zero-order valence-electron chi connectivity index (χ0n) is 14.1. The van der Waals surface area contributed by atoms with Gasteiger partial charge in [-0.3, -0.25) is 0 Å². The summed E-state index contributed by atoms with van der Waals surface area (Å²) in [6, 6.07) is 7.51. The van der Waals surface area contributed by atoms with Crippen LogP contribution in [0.25, 0.3) is 0 Å². The smallest absolute Gasteiger partial charge is 0.319 e. The van der Waals surface area contributed by atoms with Crippen LogP contribution in [0.15, 0.2) is 24.3 Å². The Kier molecular flexibility index (Phi) is 7.18. The van der Waals surface area contributed by atoms with Gasteiger partial charge < -0.3 is 20.6 Å². The van der Waals surface area contributed by atoms with E-state index < -0.39 is 0 Å². The molecule has 22 heavy (non-hydrogen) atoms. The van der Waals surface area contributed by atoms with Crippen LogP contribution in [0.4, 0.5) is 16.2 Å². The Morgan fingerprint density at radius 1 is 1.27 bits per heavy atom. The summed E-state index contributed by atoms with van der Waals surface area (Å²) in [5.41, 5.74) is 1.59. The van der Waals surface area contributed by atoms with Gasteiger partial charge in [-0.25, -0.2) is 4.79 Å². The predicted octanol–water partition coefficient (Wildman–Crippen LogP) is 3.06. The summed E-state index contributed by atoms with van der Waals surface area (Å²) >= 11 is 0. The fourth-order valence-electron chi connectivity index (χ4n) is 2.23. The summed E-state index contributed by atoms with van der Waals surface area (Å²) in [6.07, 6.45) is 1.66. The van der Waals surface area contributed by atoms with E-state index in [1.54, 1.807) is 0 Å². The Hall–Kier alpha value is -1.75. The van der Waals surface area contributed by atoms with E-state index in [9.17, 15) is 9.90 Å². The van der Waals surface area contributed by atoms with Gasteiger partial charge in [-0.2, -0.15) is 0 Å². The molecule has 0 saturated heterocycles. The van der Waals surface area contributed by atoms with Crippen molar-refractivity contribution < 1.29 is 9.90 Å². The van der Waals surface area contributed by atoms with Gasteiger partial charge in [0.1, 0.15) is 0 Å². The predicted molar refractivity (Wildman–Crippen MR) is 92.5 cm³/mol.